The standard InChI is InChI=1S/C13H17N5/c1-7(2)11-16-12(18-13(14)17-11)10-5-8(3)15-9(4)6-10/h5-7H,1-4H3,(H2,14,16,17,18). The van der Waals surface area contributed by atoms with Crippen molar-refractivity contribution in [2.24, 2.45) is 0 Å². The van der Waals surface area contributed by atoms with E-state index in [0.29, 0.717) is 11.6 Å². The second-order valence-electron chi connectivity index (χ2n) is 4.67. The van der Waals surface area contributed by atoms with E-state index in [0.717, 1.165) is 17.0 Å². The van der Waals surface area contributed by atoms with Gasteiger partial charge in [0.2, 0.25) is 5.95 Å². The third-order valence-electron chi connectivity index (χ3n) is 2.53. The molecule has 5 nitrogen and oxygen atoms in total. The molecule has 2 N–H and O–H groups in total. The van der Waals surface area contributed by atoms with Crippen LogP contribution in [0.15, 0.2) is 12.1 Å². The first-order valence-corrected chi connectivity index (χ1v) is 5.93. The number of pyridine rings is 1. The molecule has 0 aliphatic carbocycles. The molecule has 5 heteroatoms. The molecule has 18 heavy (non-hydrogen) atoms. The van der Waals surface area contributed by atoms with Gasteiger partial charge in [-0.2, -0.15) is 9.97 Å². The van der Waals surface area contributed by atoms with Crippen molar-refractivity contribution >= 4 is 5.95 Å². The van der Waals surface area contributed by atoms with Crippen LogP contribution in [-0.4, -0.2) is 19.9 Å². The maximum Gasteiger partial charge on any atom is 0.223 e. The number of hydrogen-bond acceptors (Lipinski definition) is 5. The zero-order valence-electron chi connectivity index (χ0n) is 11.1. The predicted molar refractivity (Wildman–Crippen MR) is 71.0 cm³/mol. The highest BCUT2D eigenvalue weighted by Crippen LogP contribution is 2.19. The molecule has 0 aliphatic rings. The van der Waals surface area contributed by atoms with Crippen molar-refractivity contribution in [3.63, 3.8) is 0 Å². The van der Waals surface area contributed by atoms with Crippen LogP contribution >= 0.6 is 0 Å². The fraction of sp³-hybridized carbons (Fsp3) is 0.385. The van der Waals surface area contributed by atoms with Gasteiger partial charge in [0.1, 0.15) is 5.82 Å². The van der Waals surface area contributed by atoms with E-state index in [1.807, 2.05) is 39.8 Å². The van der Waals surface area contributed by atoms with Gasteiger partial charge in [0.25, 0.3) is 0 Å². The Bertz CT molecular complexity index is 557. The highest BCUT2D eigenvalue weighted by Gasteiger charge is 2.10. The number of nitrogens with two attached hydrogens (primary N) is 1. The van der Waals surface area contributed by atoms with Crippen LogP contribution in [0, 0.1) is 13.8 Å². The first-order chi connectivity index (χ1) is 8.45. The largest absolute Gasteiger partial charge is 0.368 e. The van der Waals surface area contributed by atoms with Gasteiger partial charge in [0, 0.05) is 22.9 Å². The first kappa shape index (κ1) is 12.4. The van der Waals surface area contributed by atoms with Crippen LogP contribution < -0.4 is 5.73 Å². The van der Waals surface area contributed by atoms with E-state index in [2.05, 4.69) is 19.9 Å². The molecule has 2 aromatic rings. The average Bonchev–Trinajstić information content (AvgIpc) is 2.26. The molecule has 0 aromatic carbocycles. The van der Waals surface area contributed by atoms with E-state index < -0.39 is 0 Å². The zero-order valence-corrected chi connectivity index (χ0v) is 11.1. The van der Waals surface area contributed by atoms with E-state index in [-0.39, 0.29) is 11.9 Å². The minimum atomic E-state index is 0.220. The maximum absolute atomic E-state index is 5.73. The summed E-state index contributed by atoms with van der Waals surface area (Å²) in [6, 6.07) is 3.90. The lowest BCUT2D eigenvalue weighted by molar-refractivity contribution is 0.767. The molecular formula is C13H17N5. The summed E-state index contributed by atoms with van der Waals surface area (Å²) in [4.78, 5) is 17.1. The number of anilines is 1. The van der Waals surface area contributed by atoms with Crippen LogP contribution in [0.3, 0.4) is 0 Å². The molecule has 0 saturated heterocycles. The molecule has 0 amide bonds. The fourth-order valence-corrected chi connectivity index (χ4v) is 1.76. The molecular weight excluding hydrogens is 226 g/mol. The van der Waals surface area contributed by atoms with Gasteiger partial charge in [0.15, 0.2) is 5.82 Å². The van der Waals surface area contributed by atoms with E-state index in [4.69, 9.17) is 5.73 Å². The number of hydrogen-bond donors (Lipinski definition) is 1. The van der Waals surface area contributed by atoms with Crippen molar-refractivity contribution in [2.45, 2.75) is 33.6 Å². The molecule has 0 aliphatic heterocycles. The Kier molecular flexibility index (Phi) is 3.23. The van der Waals surface area contributed by atoms with Crippen molar-refractivity contribution < 1.29 is 0 Å². The number of nitrogen functional groups attached to an aromatic ring is 1. The third kappa shape index (κ3) is 2.61. The van der Waals surface area contributed by atoms with Gasteiger partial charge in [-0.3, -0.25) is 4.98 Å². The van der Waals surface area contributed by atoms with Crippen molar-refractivity contribution in [1.29, 1.82) is 0 Å². The topological polar surface area (TPSA) is 77.6 Å². The van der Waals surface area contributed by atoms with Gasteiger partial charge in [-0.05, 0) is 26.0 Å². The van der Waals surface area contributed by atoms with Crippen LogP contribution in [0.1, 0.15) is 37.0 Å². The highest BCUT2D eigenvalue weighted by molar-refractivity contribution is 5.56. The summed E-state index contributed by atoms with van der Waals surface area (Å²) in [5.41, 5.74) is 8.54. The monoisotopic (exact) mass is 243 g/mol. The zero-order chi connectivity index (χ0) is 13.3. The van der Waals surface area contributed by atoms with Crippen LogP contribution in [0.5, 0.6) is 0 Å². The minimum absolute atomic E-state index is 0.220. The summed E-state index contributed by atoms with van der Waals surface area (Å²) in [7, 11) is 0. The smallest absolute Gasteiger partial charge is 0.223 e. The summed E-state index contributed by atoms with van der Waals surface area (Å²) < 4.78 is 0. The molecule has 2 rings (SSSR count). The lowest BCUT2D eigenvalue weighted by atomic mass is 10.1. The number of aromatic nitrogens is 4. The summed E-state index contributed by atoms with van der Waals surface area (Å²) in [5.74, 6) is 1.80. The van der Waals surface area contributed by atoms with Crippen molar-refractivity contribution in [3.8, 4) is 11.4 Å². The van der Waals surface area contributed by atoms with Crippen molar-refractivity contribution in [2.75, 3.05) is 5.73 Å². The number of aryl methyl sites for hydroxylation is 2. The van der Waals surface area contributed by atoms with Gasteiger partial charge in [-0.25, -0.2) is 4.98 Å². The Morgan fingerprint density at radius 3 is 2.11 bits per heavy atom. The minimum Gasteiger partial charge on any atom is -0.368 e. The normalized spacial score (nSPS) is 10.9. The van der Waals surface area contributed by atoms with Crippen LogP contribution in [-0.2, 0) is 0 Å². The van der Waals surface area contributed by atoms with Gasteiger partial charge in [-0.15, -0.1) is 0 Å². The Morgan fingerprint density at radius 2 is 1.56 bits per heavy atom. The van der Waals surface area contributed by atoms with Crippen LogP contribution in [0.2, 0.25) is 0 Å². The molecule has 0 spiro atoms. The fourth-order valence-electron chi connectivity index (χ4n) is 1.76. The van der Waals surface area contributed by atoms with Crippen molar-refractivity contribution in [1.82, 2.24) is 19.9 Å². The van der Waals surface area contributed by atoms with Crippen LogP contribution in [0.4, 0.5) is 5.95 Å². The van der Waals surface area contributed by atoms with E-state index in [9.17, 15) is 0 Å². The summed E-state index contributed by atoms with van der Waals surface area (Å²) >= 11 is 0. The van der Waals surface area contributed by atoms with E-state index in [1.165, 1.54) is 0 Å². The quantitative estimate of drug-likeness (QED) is 0.875. The third-order valence-corrected chi connectivity index (χ3v) is 2.53. The molecule has 0 atom stereocenters. The Hall–Kier alpha value is -2.04. The second-order valence-corrected chi connectivity index (χ2v) is 4.67. The number of rotatable bonds is 2. The molecule has 2 heterocycles. The molecule has 2 aromatic heterocycles. The molecule has 0 radical (unpaired) electrons. The highest BCUT2D eigenvalue weighted by atomic mass is 15.1. The van der Waals surface area contributed by atoms with Crippen molar-refractivity contribution in [3.05, 3.63) is 29.3 Å². The molecule has 94 valence electrons. The Morgan fingerprint density at radius 1 is 0.944 bits per heavy atom. The summed E-state index contributed by atoms with van der Waals surface area (Å²) in [5, 5.41) is 0. The average molecular weight is 243 g/mol. The SMILES string of the molecule is Cc1cc(-c2nc(N)nc(C(C)C)n2)cc(C)n1. The van der Waals surface area contributed by atoms with E-state index >= 15 is 0 Å². The first-order valence-electron chi connectivity index (χ1n) is 5.93. The van der Waals surface area contributed by atoms with E-state index in [1.54, 1.807) is 0 Å². The lowest BCUT2D eigenvalue weighted by Gasteiger charge is -2.08. The molecule has 0 bridgehead atoms. The predicted octanol–water partition coefficient (Wildman–Crippen LogP) is 2.26. The molecule has 0 fully saturated rings. The van der Waals surface area contributed by atoms with Gasteiger partial charge in [0.05, 0.1) is 0 Å². The number of nitrogens with zero attached hydrogens (tertiary/aromatic N) is 4. The van der Waals surface area contributed by atoms with Gasteiger partial charge in [-0.1, -0.05) is 13.8 Å². The van der Waals surface area contributed by atoms with Crippen LogP contribution in [0.25, 0.3) is 11.4 Å². The maximum atomic E-state index is 5.73. The summed E-state index contributed by atoms with van der Waals surface area (Å²) in [6.07, 6.45) is 0. The lowest BCUT2D eigenvalue weighted by Crippen LogP contribution is -2.06. The van der Waals surface area contributed by atoms with Gasteiger partial charge >= 0.3 is 0 Å². The summed E-state index contributed by atoms with van der Waals surface area (Å²) in [6.45, 7) is 7.96. The second kappa shape index (κ2) is 4.68. The molecule has 0 unspecified atom stereocenters. The van der Waals surface area contributed by atoms with Gasteiger partial charge < -0.3 is 5.73 Å². The Balaban J connectivity index is 2.56. The molecule has 0 saturated carbocycles. The Labute approximate surface area is 107 Å².